The first kappa shape index (κ1) is 19.8. The van der Waals surface area contributed by atoms with Gasteiger partial charge in [-0.15, -0.1) is 0 Å². The summed E-state index contributed by atoms with van der Waals surface area (Å²) in [5.41, 5.74) is 2.23. The van der Waals surface area contributed by atoms with E-state index in [-0.39, 0.29) is 21.9 Å². The predicted molar refractivity (Wildman–Crippen MR) is 105 cm³/mol. The van der Waals surface area contributed by atoms with E-state index in [9.17, 15) is 17.6 Å². The number of hydrogen-bond acceptors (Lipinski definition) is 4. The second-order valence-corrected chi connectivity index (χ2v) is 8.67. The lowest BCUT2D eigenvalue weighted by molar-refractivity contribution is 0.102. The molecule has 1 aromatic heterocycles. The number of rotatable bonds is 5. The zero-order valence-electron chi connectivity index (χ0n) is 15.7. The average molecular weight is 401 g/mol. The normalized spacial score (nSPS) is 11.4. The van der Waals surface area contributed by atoms with Crippen molar-refractivity contribution in [1.29, 1.82) is 0 Å². The summed E-state index contributed by atoms with van der Waals surface area (Å²) in [7, 11) is -3.39. The molecule has 0 aliphatic heterocycles. The van der Waals surface area contributed by atoms with Crippen molar-refractivity contribution >= 4 is 21.4 Å². The lowest BCUT2D eigenvalue weighted by Crippen LogP contribution is -2.14. The van der Waals surface area contributed by atoms with E-state index in [0.29, 0.717) is 5.69 Å². The number of sulfone groups is 1. The minimum atomic E-state index is -3.39. The second-order valence-electron chi connectivity index (χ2n) is 6.39. The van der Waals surface area contributed by atoms with Gasteiger partial charge in [-0.25, -0.2) is 17.5 Å². The van der Waals surface area contributed by atoms with Crippen molar-refractivity contribution < 1.29 is 17.6 Å². The largest absolute Gasteiger partial charge is 0.322 e. The van der Waals surface area contributed by atoms with Crippen molar-refractivity contribution in [1.82, 2.24) is 9.78 Å². The summed E-state index contributed by atoms with van der Waals surface area (Å²) in [5.74, 6) is -1.16. The van der Waals surface area contributed by atoms with E-state index in [1.807, 2.05) is 19.9 Å². The standard InChI is InChI=1S/C20H20FN3O3S/c1-4-28(26,27)17-7-5-6-16(12-17)22-20(25)15-8-9-19(18(21)11-15)24-14(3)10-13(2)23-24/h5-12H,4H2,1-3H3,(H,22,25). The van der Waals surface area contributed by atoms with Crippen LogP contribution in [0.1, 0.15) is 28.7 Å². The first-order chi connectivity index (χ1) is 13.2. The molecule has 1 amide bonds. The summed E-state index contributed by atoms with van der Waals surface area (Å²) in [4.78, 5) is 12.6. The zero-order chi connectivity index (χ0) is 20.5. The van der Waals surface area contributed by atoms with Crippen LogP contribution in [0.5, 0.6) is 0 Å². The second kappa shape index (κ2) is 7.55. The van der Waals surface area contributed by atoms with Gasteiger partial charge in [0.2, 0.25) is 0 Å². The molecule has 1 N–H and O–H groups in total. The van der Waals surface area contributed by atoms with Crippen LogP contribution in [0.15, 0.2) is 53.4 Å². The monoisotopic (exact) mass is 401 g/mol. The molecule has 6 nitrogen and oxygen atoms in total. The molecule has 0 aliphatic carbocycles. The maximum absolute atomic E-state index is 14.6. The van der Waals surface area contributed by atoms with E-state index in [2.05, 4.69) is 10.4 Å². The SMILES string of the molecule is CCS(=O)(=O)c1cccc(NC(=O)c2ccc(-n3nc(C)cc3C)c(F)c2)c1. The number of amides is 1. The third-order valence-electron chi connectivity index (χ3n) is 4.28. The zero-order valence-corrected chi connectivity index (χ0v) is 16.5. The van der Waals surface area contributed by atoms with Crippen LogP contribution in [0.25, 0.3) is 5.69 Å². The van der Waals surface area contributed by atoms with Gasteiger partial charge in [0.25, 0.3) is 5.91 Å². The molecule has 0 saturated carbocycles. The number of halogens is 1. The molecule has 28 heavy (non-hydrogen) atoms. The third kappa shape index (κ3) is 3.96. The Balaban J connectivity index is 1.85. The number of aryl methyl sites for hydroxylation is 2. The molecule has 0 spiro atoms. The van der Waals surface area contributed by atoms with Gasteiger partial charge in [0.1, 0.15) is 11.5 Å². The summed E-state index contributed by atoms with van der Waals surface area (Å²) in [6, 6.07) is 11.9. The fourth-order valence-corrected chi connectivity index (χ4v) is 3.76. The number of aromatic nitrogens is 2. The molecular weight excluding hydrogens is 381 g/mol. The number of carbonyl (C=O) groups excluding carboxylic acids is 1. The van der Waals surface area contributed by atoms with Crippen molar-refractivity contribution in [3.63, 3.8) is 0 Å². The maximum atomic E-state index is 14.6. The highest BCUT2D eigenvalue weighted by atomic mass is 32.2. The Morgan fingerprint density at radius 1 is 1.14 bits per heavy atom. The van der Waals surface area contributed by atoms with Crippen LogP contribution in [-0.2, 0) is 9.84 Å². The Bertz CT molecular complexity index is 1150. The fraction of sp³-hybridized carbons (Fsp3) is 0.200. The minimum absolute atomic E-state index is 0.0383. The highest BCUT2D eigenvalue weighted by Crippen LogP contribution is 2.20. The van der Waals surface area contributed by atoms with Gasteiger partial charge in [0, 0.05) is 16.9 Å². The lowest BCUT2D eigenvalue weighted by Gasteiger charge is -2.10. The number of carbonyl (C=O) groups is 1. The first-order valence-corrected chi connectivity index (χ1v) is 10.3. The maximum Gasteiger partial charge on any atom is 0.255 e. The van der Waals surface area contributed by atoms with Crippen molar-refractivity contribution in [3.05, 3.63) is 71.3 Å². The van der Waals surface area contributed by atoms with Crippen molar-refractivity contribution in [3.8, 4) is 5.69 Å². The Kier molecular flexibility index (Phi) is 5.33. The highest BCUT2D eigenvalue weighted by Gasteiger charge is 2.15. The van der Waals surface area contributed by atoms with E-state index in [4.69, 9.17) is 0 Å². The molecule has 1 heterocycles. The van der Waals surface area contributed by atoms with Gasteiger partial charge in [-0.05, 0) is 56.3 Å². The molecule has 0 atom stereocenters. The quantitative estimate of drug-likeness (QED) is 0.707. The van der Waals surface area contributed by atoms with Crippen molar-refractivity contribution in [2.45, 2.75) is 25.7 Å². The number of anilines is 1. The summed E-state index contributed by atoms with van der Waals surface area (Å²) in [6.07, 6.45) is 0. The Hall–Kier alpha value is -3.00. The predicted octanol–water partition coefficient (Wildman–Crippen LogP) is 3.67. The van der Waals surface area contributed by atoms with Gasteiger partial charge in [0.15, 0.2) is 9.84 Å². The van der Waals surface area contributed by atoms with Gasteiger partial charge in [-0.1, -0.05) is 13.0 Å². The molecular formula is C20H20FN3O3S. The molecule has 0 radical (unpaired) electrons. The van der Waals surface area contributed by atoms with Gasteiger partial charge in [-0.3, -0.25) is 4.79 Å². The van der Waals surface area contributed by atoms with Crippen LogP contribution in [0, 0.1) is 19.7 Å². The van der Waals surface area contributed by atoms with Crippen LogP contribution in [0.4, 0.5) is 10.1 Å². The number of nitrogens with one attached hydrogen (secondary N) is 1. The summed E-state index contributed by atoms with van der Waals surface area (Å²) < 4.78 is 40.0. The fourth-order valence-electron chi connectivity index (χ4n) is 2.83. The Morgan fingerprint density at radius 3 is 2.50 bits per heavy atom. The molecule has 0 fully saturated rings. The van der Waals surface area contributed by atoms with E-state index in [1.165, 1.54) is 28.9 Å². The molecule has 0 aliphatic rings. The van der Waals surface area contributed by atoms with E-state index < -0.39 is 21.6 Å². The Morgan fingerprint density at radius 2 is 1.89 bits per heavy atom. The third-order valence-corrected chi connectivity index (χ3v) is 6.01. The smallest absolute Gasteiger partial charge is 0.255 e. The van der Waals surface area contributed by atoms with Crippen LogP contribution in [0.2, 0.25) is 0 Å². The summed E-state index contributed by atoms with van der Waals surface area (Å²) >= 11 is 0. The molecule has 146 valence electrons. The highest BCUT2D eigenvalue weighted by molar-refractivity contribution is 7.91. The van der Waals surface area contributed by atoms with Gasteiger partial charge >= 0.3 is 0 Å². The van der Waals surface area contributed by atoms with Crippen LogP contribution in [0.3, 0.4) is 0 Å². The molecule has 3 aromatic rings. The van der Waals surface area contributed by atoms with Gasteiger partial charge in [0.05, 0.1) is 16.3 Å². The summed E-state index contributed by atoms with van der Waals surface area (Å²) in [5, 5.41) is 6.85. The van der Waals surface area contributed by atoms with Crippen LogP contribution in [-0.4, -0.2) is 29.9 Å². The topological polar surface area (TPSA) is 81.1 Å². The molecule has 0 bridgehead atoms. The van der Waals surface area contributed by atoms with Crippen LogP contribution < -0.4 is 5.32 Å². The van der Waals surface area contributed by atoms with E-state index >= 15 is 0 Å². The average Bonchev–Trinajstić information content (AvgIpc) is 2.99. The van der Waals surface area contributed by atoms with Crippen molar-refractivity contribution in [2.75, 3.05) is 11.1 Å². The van der Waals surface area contributed by atoms with Crippen molar-refractivity contribution in [2.24, 2.45) is 0 Å². The number of nitrogens with zero attached hydrogens (tertiary/aromatic N) is 2. The molecule has 0 unspecified atom stereocenters. The lowest BCUT2D eigenvalue weighted by atomic mass is 10.1. The van der Waals surface area contributed by atoms with E-state index in [0.717, 1.165) is 17.5 Å². The molecule has 3 rings (SSSR count). The van der Waals surface area contributed by atoms with Gasteiger partial charge in [-0.2, -0.15) is 5.10 Å². The van der Waals surface area contributed by atoms with Gasteiger partial charge < -0.3 is 5.32 Å². The molecule has 2 aromatic carbocycles. The number of benzene rings is 2. The van der Waals surface area contributed by atoms with Crippen LogP contribution >= 0.6 is 0 Å². The molecule has 0 saturated heterocycles. The first-order valence-electron chi connectivity index (χ1n) is 8.68. The van der Waals surface area contributed by atoms with E-state index in [1.54, 1.807) is 19.1 Å². The minimum Gasteiger partial charge on any atom is -0.322 e. The summed E-state index contributed by atoms with van der Waals surface area (Å²) in [6.45, 7) is 5.18. The number of hydrogen-bond donors (Lipinski definition) is 1. The Labute approximate surface area is 162 Å². The molecule has 8 heteroatoms.